The molecule has 2 fully saturated rings. The van der Waals surface area contributed by atoms with E-state index in [1.165, 1.54) is 5.56 Å². The highest BCUT2D eigenvalue weighted by molar-refractivity contribution is 7.99. The van der Waals surface area contributed by atoms with Crippen molar-refractivity contribution in [2.75, 3.05) is 18.1 Å². The highest BCUT2D eigenvalue weighted by Gasteiger charge is 2.53. The first kappa shape index (κ1) is 17.0. The molecule has 0 aromatic heterocycles. The molecule has 2 unspecified atom stereocenters. The van der Waals surface area contributed by atoms with E-state index < -0.39 is 11.6 Å². The number of ketones is 1. The van der Waals surface area contributed by atoms with Crippen molar-refractivity contribution in [3.8, 4) is 0 Å². The van der Waals surface area contributed by atoms with Crippen LogP contribution in [0.2, 0.25) is 0 Å². The third-order valence-corrected chi connectivity index (χ3v) is 6.17. The van der Waals surface area contributed by atoms with Crippen LogP contribution in [-0.2, 0) is 4.79 Å². The van der Waals surface area contributed by atoms with Crippen LogP contribution in [0.4, 0.5) is 4.79 Å². The van der Waals surface area contributed by atoms with Gasteiger partial charge in [0, 0.05) is 11.3 Å². The smallest absolute Gasteiger partial charge is 0.322 e. The minimum Gasteiger partial charge on any atom is -0.322 e. The fourth-order valence-corrected chi connectivity index (χ4v) is 4.45. The molecule has 6 heteroatoms. The first-order chi connectivity index (χ1) is 11.5. The quantitative estimate of drug-likeness (QED) is 0.658. The lowest BCUT2D eigenvalue weighted by atomic mass is 9.96. The second-order valence-electron chi connectivity index (χ2n) is 6.56. The topological polar surface area (TPSA) is 66.5 Å². The van der Waals surface area contributed by atoms with Gasteiger partial charge >= 0.3 is 6.03 Å². The highest BCUT2D eigenvalue weighted by Crippen LogP contribution is 2.33. The first-order valence-electron chi connectivity index (χ1n) is 8.32. The van der Waals surface area contributed by atoms with E-state index in [0.717, 1.165) is 17.1 Å². The molecule has 0 bridgehead atoms. The number of nitrogens with one attached hydrogen (secondary N) is 1. The number of nitrogens with zero attached hydrogens (tertiary/aromatic N) is 1. The van der Waals surface area contributed by atoms with Gasteiger partial charge in [0.25, 0.3) is 5.91 Å². The van der Waals surface area contributed by atoms with Gasteiger partial charge in [-0.3, -0.25) is 14.5 Å². The Labute approximate surface area is 146 Å². The lowest BCUT2D eigenvalue weighted by Gasteiger charge is -2.19. The number of amides is 3. The number of benzene rings is 1. The van der Waals surface area contributed by atoms with E-state index in [0.29, 0.717) is 23.7 Å². The average Bonchev–Trinajstić information content (AvgIpc) is 3.15. The summed E-state index contributed by atoms with van der Waals surface area (Å²) in [6, 6.07) is 7.00. The van der Waals surface area contributed by atoms with Crippen molar-refractivity contribution in [1.82, 2.24) is 10.2 Å². The summed E-state index contributed by atoms with van der Waals surface area (Å²) in [5.74, 6) is 1.41. The van der Waals surface area contributed by atoms with Crippen molar-refractivity contribution in [3.05, 3.63) is 35.4 Å². The van der Waals surface area contributed by atoms with Crippen molar-refractivity contribution in [3.63, 3.8) is 0 Å². The van der Waals surface area contributed by atoms with Gasteiger partial charge in [-0.25, -0.2) is 4.79 Å². The first-order valence-corrected chi connectivity index (χ1v) is 9.47. The summed E-state index contributed by atoms with van der Waals surface area (Å²) in [5, 5.41) is 2.78. The third kappa shape index (κ3) is 2.95. The van der Waals surface area contributed by atoms with Crippen LogP contribution in [0.1, 0.15) is 48.5 Å². The van der Waals surface area contributed by atoms with Crippen LogP contribution in [-0.4, -0.2) is 46.2 Å². The molecule has 2 aliphatic heterocycles. The van der Waals surface area contributed by atoms with Crippen LogP contribution < -0.4 is 5.32 Å². The predicted molar refractivity (Wildman–Crippen MR) is 94.4 cm³/mol. The largest absolute Gasteiger partial charge is 0.325 e. The molecule has 0 radical (unpaired) electrons. The van der Waals surface area contributed by atoms with Gasteiger partial charge in [0.1, 0.15) is 5.54 Å². The average molecular weight is 346 g/mol. The van der Waals surface area contributed by atoms with Crippen LogP contribution in [0.25, 0.3) is 0 Å². The van der Waals surface area contributed by atoms with Crippen molar-refractivity contribution in [2.24, 2.45) is 0 Å². The summed E-state index contributed by atoms with van der Waals surface area (Å²) in [7, 11) is 0. The molecule has 0 saturated carbocycles. The summed E-state index contributed by atoms with van der Waals surface area (Å²) in [4.78, 5) is 38.2. The zero-order valence-corrected chi connectivity index (χ0v) is 14.8. The van der Waals surface area contributed by atoms with E-state index >= 15 is 0 Å². The lowest BCUT2D eigenvalue weighted by molar-refractivity contribution is -0.130. The van der Waals surface area contributed by atoms with Gasteiger partial charge < -0.3 is 5.32 Å². The van der Waals surface area contributed by atoms with Gasteiger partial charge in [0.05, 0.1) is 6.54 Å². The number of carbonyl (C=O) groups is 3. The molecule has 0 aliphatic carbocycles. The van der Waals surface area contributed by atoms with Crippen LogP contribution >= 0.6 is 11.8 Å². The zero-order chi connectivity index (χ0) is 17.3. The summed E-state index contributed by atoms with van der Waals surface area (Å²) >= 11 is 1.65. The Kier molecular flexibility index (Phi) is 4.67. The number of imide groups is 1. The Morgan fingerprint density at radius 1 is 1.33 bits per heavy atom. The molecule has 128 valence electrons. The Hall–Kier alpha value is -1.82. The van der Waals surface area contributed by atoms with Crippen molar-refractivity contribution >= 4 is 29.5 Å². The normalized spacial score (nSPS) is 24.5. The second-order valence-corrected chi connectivity index (χ2v) is 7.67. The number of urea groups is 1. The van der Waals surface area contributed by atoms with Crippen molar-refractivity contribution in [2.45, 2.75) is 38.1 Å². The fraction of sp³-hybridized carbons (Fsp3) is 0.500. The Morgan fingerprint density at radius 2 is 2.04 bits per heavy atom. The molecule has 3 rings (SSSR count). The van der Waals surface area contributed by atoms with Crippen molar-refractivity contribution in [1.29, 1.82) is 0 Å². The minimum atomic E-state index is -0.789. The van der Waals surface area contributed by atoms with Crippen LogP contribution in [0.5, 0.6) is 0 Å². The van der Waals surface area contributed by atoms with Gasteiger partial charge in [-0.1, -0.05) is 38.1 Å². The van der Waals surface area contributed by atoms with Gasteiger partial charge in [-0.15, -0.1) is 0 Å². The number of Topliss-reactive ketones (excluding diaryl/α,β-unsaturated/α-hetero) is 1. The van der Waals surface area contributed by atoms with Crippen molar-refractivity contribution < 1.29 is 14.4 Å². The molecule has 24 heavy (non-hydrogen) atoms. The monoisotopic (exact) mass is 346 g/mol. The lowest BCUT2D eigenvalue weighted by Crippen LogP contribution is -2.47. The van der Waals surface area contributed by atoms with Gasteiger partial charge in [0.2, 0.25) is 0 Å². The highest BCUT2D eigenvalue weighted by atomic mass is 32.2. The predicted octanol–water partition coefficient (Wildman–Crippen LogP) is 2.81. The van der Waals surface area contributed by atoms with Crippen LogP contribution in [0.15, 0.2) is 24.3 Å². The summed E-state index contributed by atoms with van der Waals surface area (Å²) in [6.45, 7) is 4.07. The molecule has 2 aliphatic rings. The van der Waals surface area contributed by atoms with Gasteiger partial charge in [-0.2, -0.15) is 11.8 Å². The van der Waals surface area contributed by atoms with E-state index in [1.54, 1.807) is 23.9 Å². The molecule has 5 nitrogen and oxygen atoms in total. The molecule has 1 aromatic rings. The number of thioether (sulfide) groups is 1. The van der Waals surface area contributed by atoms with E-state index in [4.69, 9.17) is 0 Å². The Balaban J connectivity index is 1.70. The maximum atomic E-state index is 12.6. The molecule has 3 amide bonds. The Bertz CT molecular complexity index is 665. The SMILES string of the molecule is CCC(C)c1ccc(C(=O)CN2C(=O)NC3(CCSC3)C2=O)cc1. The fourth-order valence-electron chi connectivity index (χ4n) is 3.12. The molecule has 2 heterocycles. The number of carbonyl (C=O) groups excluding carboxylic acids is 3. The maximum absolute atomic E-state index is 12.6. The van der Waals surface area contributed by atoms with Gasteiger partial charge in [-0.05, 0) is 30.1 Å². The zero-order valence-electron chi connectivity index (χ0n) is 14.0. The second kappa shape index (κ2) is 6.59. The molecule has 1 N–H and O–H groups in total. The number of rotatable bonds is 5. The minimum absolute atomic E-state index is 0.195. The summed E-state index contributed by atoms with van der Waals surface area (Å²) < 4.78 is 0. The third-order valence-electron chi connectivity index (χ3n) is 4.98. The Morgan fingerprint density at radius 3 is 2.62 bits per heavy atom. The van der Waals surface area contributed by atoms with Gasteiger partial charge in [0.15, 0.2) is 5.78 Å². The molecule has 1 spiro atoms. The summed E-state index contributed by atoms with van der Waals surface area (Å²) in [5.41, 5.74) is 0.929. The van der Waals surface area contributed by atoms with E-state index in [2.05, 4.69) is 19.2 Å². The standard InChI is InChI=1S/C18H22N2O3S/c1-3-12(2)13-4-6-14(7-5-13)15(21)10-20-16(22)18(19-17(20)23)8-9-24-11-18/h4-7,12H,3,8-11H2,1-2H3,(H,19,23). The molecule has 1 aromatic carbocycles. The van der Waals surface area contributed by atoms with Crippen LogP contribution in [0, 0.1) is 0 Å². The maximum Gasteiger partial charge on any atom is 0.325 e. The molecule has 2 atom stereocenters. The van der Waals surface area contributed by atoms with E-state index in [9.17, 15) is 14.4 Å². The molecular weight excluding hydrogens is 324 g/mol. The number of hydrogen-bond donors (Lipinski definition) is 1. The molecular formula is C18H22N2O3S. The number of hydrogen-bond acceptors (Lipinski definition) is 4. The summed E-state index contributed by atoms with van der Waals surface area (Å²) in [6.07, 6.45) is 1.67. The molecule has 2 saturated heterocycles. The van der Waals surface area contributed by atoms with E-state index in [-0.39, 0.29) is 18.2 Å². The van der Waals surface area contributed by atoms with Crippen LogP contribution in [0.3, 0.4) is 0 Å². The van der Waals surface area contributed by atoms with E-state index in [1.807, 2.05) is 12.1 Å².